The summed E-state index contributed by atoms with van der Waals surface area (Å²) in [5, 5.41) is 14.9. The quantitative estimate of drug-likeness (QED) is 0.380. The summed E-state index contributed by atoms with van der Waals surface area (Å²) < 4.78 is 38.5. The number of hydrogen-bond acceptors (Lipinski definition) is 4. The number of aromatic nitrogens is 3. The lowest BCUT2D eigenvalue weighted by Gasteiger charge is -2.08. The van der Waals surface area contributed by atoms with Crippen molar-refractivity contribution in [2.24, 2.45) is 10.9 Å². The third-order valence-electron chi connectivity index (χ3n) is 2.49. The third kappa shape index (κ3) is 2.56. The largest absolute Gasteiger partial charge is 0.435 e. The van der Waals surface area contributed by atoms with Gasteiger partial charge < -0.3 is 10.9 Å². The topological polar surface area (TPSA) is 89.3 Å². The van der Waals surface area contributed by atoms with Gasteiger partial charge in [0.25, 0.3) is 0 Å². The first kappa shape index (κ1) is 13.8. The number of oxime groups is 1. The number of amidine groups is 1. The van der Waals surface area contributed by atoms with Gasteiger partial charge in [0.2, 0.25) is 0 Å². The lowest BCUT2D eigenvalue weighted by atomic mass is 10.2. The first-order valence-corrected chi connectivity index (χ1v) is 5.41. The molecule has 0 aliphatic heterocycles. The highest BCUT2D eigenvalue weighted by atomic mass is 19.4. The molecular formula is C11H10F3N5O. The van der Waals surface area contributed by atoms with Gasteiger partial charge in [0.1, 0.15) is 0 Å². The fourth-order valence-corrected chi connectivity index (χ4v) is 1.56. The molecule has 0 saturated carbocycles. The molecule has 2 rings (SSSR count). The summed E-state index contributed by atoms with van der Waals surface area (Å²) in [5.74, 6) is -0.215. The van der Waals surface area contributed by atoms with Gasteiger partial charge in [0, 0.05) is 11.9 Å². The van der Waals surface area contributed by atoms with E-state index in [0.29, 0.717) is 5.69 Å². The fourth-order valence-electron chi connectivity index (χ4n) is 1.56. The molecule has 0 spiro atoms. The van der Waals surface area contributed by atoms with Gasteiger partial charge in [-0.2, -0.15) is 18.3 Å². The minimum Gasteiger partial charge on any atom is -0.409 e. The highest BCUT2D eigenvalue weighted by Crippen LogP contribution is 2.28. The molecule has 0 saturated heterocycles. The Morgan fingerprint density at radius 2 is 2.05 bits per heavy atom. The van der Waals surface area contributed by atoms with Crippen LogP contribution in [0.4, 0.5) is 13.2 Å². The van der Waals surface area contributed by atoms with Gasteiger partial charge in [-0.1, -0.05) is 5.16 Å². The first-order valence-electron chi connectivity index (χ1n) is 5.41. The summed E-state index contributed by atoms with van der Waals surface area (Å²) in [4.78, 5) is 4.07. The maximum absolute atomic E-state index is 12.5. The summed E-state index contributed by atoms with van der Waals surface area (Å²) in [6, 6.07) is 3.90. The molecule has 0 radical (unpaired) electrons. The van der Waals surface area contributed by atoms with Crippen LogP contribution < -0.4 is 5.73 Å². The zero-order valence-corrected chi connectivity index (χ0v) is 10.3. The number of hydrogen-bond donors (Lipinski definition) is 2. The van der Waals surface area contributed by atoms with Crippen LogP contribution >= 0.6 is 0 Å². The molecule has 9 heteroatoms. The van der Waals surface area contributed by atoms with Crippen molar-refractivity contribution in [2.45, 2.75) is 13.1 Å². The Morgan fingerprint density at radius 3 is 2.60 bits per heavy atom. The van der Waals surface area contributed by atoms with E-state index in [9.17, 15) is 13.2 Å². The Kier molecular flexibility index (Phi) is 3.35. The summed E-state index contributed by atoms with van der Waals surface area (Å²) in [7, 11) is 0. The number of alkyl halides is 3. The molecule has 0 bridgehead atoms. The summed E-state index contributed by atoms with van der Waals surface area (Å²) in [5.41, 5.74) is 5.15. The van der Waals surface area contributed by atoms with Gasteiger partial charge >= 0.3 is 6.18 Å². The van der Waals surface area contributed by atoms with Gasteiger partial charge in [-0.05, 0) is 25.1 Å². The van der Waals surface area contributed by atoms with Crippen LogP contribution in [0.2, 0.25) is 0 Å². The van der Waals surface area contributed by atoms with Crippen molar-refractivity contribution in [2.75, 3.05) is 0 Å². The molecule has 6 nitrogen and oxygen atoms in total. The normalized spacial score (nSPS) is 12.7. The Morgan fingerprint density at radius 1 is 1.35 bits per heavy atom. The average molecular weight is 285 g/mol. The molecule has 0 aliphatic carbocycles. The van der Waals surface area contributed by atoms with Crippen molar-refractivity contribution in [1.82, 2.24) is 14.8 Å². The van der Waals surface area contributed by atoms with Crippen molar-refractivity contribution in [3.63, 3.8) is 0 Å². The molecule has 20 heavy (non-hydrogen) atoms. The van der Waals surface area contributed by atoms with Gasteiger partial charge in [0.05, 0.1) is 5.56 Å². The molecule has 3 N–H and O–H groups in total. The maximum atomic E-state index is 12.5. The molecule has 0 aliphatic rings. The van der Waals surface area contributed by atoms with Gasteiger partial charge in [-0.25, -0.2) is 9.67 Å². The lowest BCUT2D eigenvalue weighted by molar-refractivity contribution is -0.141. The van der Waals surface area contributed by atoms with E-state index in [1.54, 1.807) is 13.0 Å². The van der Waals surface area contributed by atoms with Crippen molar-refractivity contribution >= 4 is 5.84 Å². The molecule has 0 fully saturated rings. The molecule has 0 amide bonds. The van der Waals surface area contributed by atoms with E-state index in [1.807, 2.05) is 0 Å². The van der Waals surface area contributed by atoms with Crippen LogP contribution in [-0.2, 0) is 6.18 Å². The van der Waals surface area contributed by atoms with Crippen LogP contribution in [0.3, 0.4) is 0 Å². The van der Waals surface area contributed by atoms with Crippen LogP contribution in [0.5, 0.6) is 0 Å². The summed E-state index contributed by atoms with van der Waals surface area (Å²) in [6.45, 7) is 1.66. The van der Waals surface area contributed by atoms with Gasteiger partial charge in [0.15, 0.2) is 17.3 Å². The number of rotatable bonds is 2. The van der Waals surface area contributed by atoms with Crippen molar-refractivity contribution in [1.29, 1.82) is 0 Å². The van der Waals surface area contributed by atoms with E-state index in [-0.39, 0.29) is 17.2 Å². The van der Waals surface area contributed by atoms with Crippen LogP contribution in [0.15, 0.2) is 29.6 Å². The Balaban J connectivity index is 2.57. The van der Waals surface area contributed by atoms with Crippen molar-refractivity contribution < 1.29 is 18.4 Å². The van der Waals surface area contributed by atoms with E-state index in [2.05, 4.69) is 15.2 Å². The zero-order valence-electron chi connectivity index (χ0n) is 10.3. The zero-order chi connectivity index (χ0) is 14.9. The number of pyridine rings is 1. The van der Waals surface area contributed by atoms with Crippen LogP contribution in [-0.4, -0.2) is 25.8 Å². The molecule has 2 aromatic heterocycles. The van der Waals surface area contributed by atoms with Crippen LogP contribution in [0.25, 0.3) is 5.82 Å². The first-order chi connectivity index (χ1) is 9.32. The van der Waals surface area contributed by atoms with E-state index in [0.717, 1.165) is 16.9 Å². The number of halogens is 3. The fraction of sp³-hybridized carbons (Fsp3) is 0.182. The van der Waals surface area contributed by atoms with Crippen LogP contribution in [0.1, 0.15) is 17.0 Å². The minimum absolute atomic E-state index is 0.0517. The minimum atomic E-state index is -4.55. The molecular weight excluding hydrogens is 275 g/mol. The smallest absolute Gasteiger partial charge is 0.409 e. The number of nitrogens with zero attached hydrogens (tertiary/aromatic N) is 4. The third-order valence-corrected chi connectivity index (χ3v) is 2.49. The van der Waals surface area contributed by atoms with Crippen molar-refractivity contribution in [3.05, 3.63) is 41.3 Å². The van der Waals surface area contributed by atoms with Crippen LogP contribution in [0, 0.1) is 6.92 Å². The monoisotopic (exact) mass is 285 g/mol. The summed E-state index contributed by atoms with van der Waals surface area (Å²) >= 11 is 0. The maximum Gasteiger partial charge on any atom is 0.435 e. The Labute approximate surface area is 111 Å². The predicted molar refractivity (Wildman–Crippen MR) is 63.6 cm³/mol. The Bertz CT molecular complexity index is 662. The highest BCUT2D eigenvalue weighted by molar-refractivity contribution is 5.99. The van der Waals surface area contributed by atoms with Gasteiger partial charge in [-0.15, -0.1) is 0 Å². The second-order valence-electron chi connectivity index (χ2n) is 3.95. The molecule has 0 aromatic carbocycles. The van der Waals surface area contributed by atoms with E-state index in [1.165, 1.54) is 6.07 Å². The highest BCUT2D eigenvalue weighted by Gasteiger charge is 2.34. The van der Waals surface area contributed by atoms with E-state index >= 15 is 0 Å². The average Bonchev–Trinajstić information content (AvgIpc) is 2.87. The number of nitrogens with two attached hydrogens (primary N) is 1. The second-order valence-corrected chi connectivity index (χ2v) is 3.95. The molecule has 106 valence electrons. The van der Waals surface area contributed by atoms with Gasteiger partial charge in [-0.3, -0.25) is 0 Å². The molecule has 2 aromatic rings. The second kappa shape index (κ2) is 4.83. The predicted octanol–water partition coefficient (Wildman–Crippen LogP) is 1.69. The Hall–Kier alpha value is -2.58. The van der Waals surface area contributed by atoms with E-state index < -0.39 is 11.9 Å². The van der Waals surface area contributed by atoms with E-state index in [4.69, 9.17) is 10.9 Å². The SMILES string of the molecule is Cc1ccc(C(N)=NO)c(-n2ccc(C(F)(F)F)n2)n1. The molecule has 2 heterocycles. The molecule has 0 atom stereocenters. The number of aryl methyl sites for hydroxylation is 1. The van der Waals surface area contributed by atoms with Crippen molar-refractivity contribution in [3.8, 4) is 5.82 Å². The lowest BCUT2D eigenvalue weighted by Crippen LogP contribution is -2.18. The molecule has 0 unspecified atom stereocenters. The standard InChI is InChI=1S/C11H10F3N5O/c1-6-2-3-7(9(15)18-20)10(16-6)19-5-4-8(17-19)11(12,13)14/h2-5,20H,1H3,(H2,15,18). The summed E-state index contributed by atoms with van der Waals surface area (Å²) in [6.07, 6.45) is -3.44.